The molecular weight excluding hydrogens is 310 g/mol. The highest BCUT2D eigenvalue weighted by molar-refractivity contribution is 5.14. The fourth-order valence-electron chi connectivity index (χ4n) is 4.43. The van der Waals surface area contributed by atoms with Gasteiger partial charge < -0.3 is 4.52 Å². The lowest BCUT2D eigenvalue weighted by Crippen LogP contribution is -2.46. The van der Waals surface area contributed by atoms with Crippen molar-refractivity contribution in [2.45, 2.75) is 45.7 Å². The van der Waals surface area contributed by atoms with Crippen molar-refractivity contribution in [3.8, 4) is 0 Å². The monoisotopic (exact) mass is 339 g/mol. The summed E-state index contributed by atoms with van der Waals surface area (Å²) in [5.74, 6) is 0.911. The van der Waals surface area contributed by atoms with Crippen molar-refractivity contribution in [3.63, 3.8) is 0 Å². The van der Waals surface area contributed by atoms with E-state index in [4.69, 9.17) is 4.52 Å². The lowest BCUT2D eigenvalue weighted by molar-refractivity contribution is 0.0294. The minimum absolute atomic E-state index is 0.587. The topological polar surface area (TPSA) is 32.5 Å². The average Bonchev–Trinajstić information content (AvgIpc) is 3.05. The molecule has 0 aliphatic carbocycles. The van der Waals surface area contributed by atoms with E-state index in [2.05, 4.69) is 51.4 Å². The Bertz CT molecular complexity index is 663. The lowest BCUT2D eigenvalue weighted by atomic mass is 9.71. The van der Waals surface area contributed by atoms with Crippen molar-refractivity contribution in [3.05, 3.63) is 53.4 Å². The van der Waals surface area contributed by atoms with Gasteiger partial charge in [-0.3, -0.25) is 9.80 Å². The average molecular weight is 339 g/mol. The molecule has 0 atom stereocenters. The smallest absolute Gasteiger partial charge is 0.133 e. The maximum Gasteiger partial charge on any atom is 0.133 e. The van der Waals surface area contributed by atoms with E-state index in [0.29, 0.717) is 5.41 Å². The number of likely N-dealkylation sites (tertiary alicyclic amines) is 2. The Kier molecular flexibility index (Phi) is 4.91. The van der Waals surface area contributed by atoms with Crippen LogP contribution in [0.4, 0.5) is 0 Å². The van der Waals surface area contributed by atoms with Crippen LogP contribution in [-0.4, -0.2) is 41.1 Å². The molecule has 4 nitrogen and oxygen atoms in total. The first-order valence-electron chi connectivity index (χ1n) is 9.62. The molecule has 1 aromatic heterocycles. The Morgan fingerprint density at radius 1 is 0.920 bits per heavy atom. The van der Waals surface area contributed by atoms with Gasteiger partial charge in [-0.25, -0.2) is 0 Å². The van der Waals surface area contributed by atoms with Crippen molar-refractivity contribution < 1.29 is 4.52 Å². The fourth-order valence-corrected chi connectivity index (χ4v) is 4.43. The van der Waals surface area contributed by atoms with E-state index in [1.807, 2.05) is 6.92 Å². The zero-order valence-electron chi connectivity index (χ0n) is 15.3. The maximum absolute atomic E-state index is 5.19. The number of aryl methyl sites for hydroxylation is 1. The number of hydrogen-bond acceptors (Lipinski definition) is 4. The van der Waals surface area contributed by atoms with Crippen LogP contribution in [0.15, 0.2) is 40.9 Å². The van der Waals surface area contributed by atoms with Gasteiger partial charge in [0.25, 0.3) is 0 Å². The van der Waals surface area contributed by atoms with E-state index < -0.39 is 0 Å². The molecule has 2 aliphatic heterocycles. The molecule has 134 valence electrons. The molecule has 0 radical (unpaired) electrons. The van der Waals surface area contributed by atoms with Crippen molar-refractivity contribution in [1.29, 1.82) is 0 Å². The van der Waals surface area contributed by atoms with Gasteiger partial charge in [-0.05, 0) is 69.8 Å². The standard InChI is InChI=1S/C21H29N3O/c1-18-15-20(22-25-18)17-24-13-9-21(10-14-24)7-11-23(12-8-21)16-19-5-3-2-4-6-19/h2-6,15H,7-14,16-17H2,1H3. The molecule has 4 rings (SSSR count). The Morgan fingerprint density at radius 3 is 2.08 bits per heavy atom. The molecule has 2 fully saturated rings. The van der Waals surface area contributed by atoms with Crippen LogP contribution >= 0.6 is 0 Å². The van der Waals surface area contributed by atoms with Gasteiger partial charge in [0, 0.05) is 19.2 Å². The summed E-state index contributed by atoms with van der Waals surface area (Å²) in [4.78, 5) is 5.17. The molecule has 2 aromatic rings. The summed E-state index contributed by atoms with van der Waals surface area (Å²) in [5.41, 5.74) is 3.10. The van der Waals surface area contributed by atoms with Crippen molar-refractivity contribution in [2.24, 2.45) is 5.41 Å². The highest BCUT2D eigenvalue weighted by atomic mass is 16.5. The molecule has 3 heterocycles. The Hall–Kier alpha value is -1.65. The van der Waals surface area contributed by atoms with Crippen LogP contribution in [0.1, 0.15) is 42.7 Å². The summed E-state index contributed by atoms with van der Waals surface area (Å²) in [6, 6.07) is 12.9. The van der Waals surface area contributed by atoms with Gasteiger partial charge in [0.2, 0.25) is 0 Å². The van der Waals surface area contributed by atoms with E-state index in [9.17, 15) is 0 Å². The van der Waals surface area contributed by atoms with Crippen molar-refractivity contribution in [1.82, 2.24) is 15.0 Å². The molecule has 1 spiro atoms. The number of benzene rings is 1. The van der Waals surface area contributed by atoms with E-state index >= 15 is 0 Å². The van der Waals surface area contributed by atoms with E-state index in [1.54, 1.807) is 0 Å². The number of rotatable bonds is 4. The van der Waals surface area contributed by atoms with Gasteiger partial charge in [0.15, 0.2) is 0 Å². The first kappa shape index (κ1) is 16.8. The molecule has 2 aliphatic rings. The SMILES string of the molecule is Cc1cc(CN2CCC3(CCN(Cc4ccccc4)CC3)CC2)no1. The largest absolute Gasteiger partial charge is 0.361 e. The lowest BCUT2D eigenvalue weighted by Gasteiger charge is -2.47. The van der Waals surface area contributed by atoms with Gasteiger partial charge in [-0.1, -0.05) is 35.5 Å². The summed E-state index contributed by atoms with van der Waals surface area (Å²) in [7, 11) is 0. The van der Waals surface area contributed by atoms with Gasteiger partial charge in [0.1, 0.15) is 5.76 Å². The molecule has 1 aromatic carbocycles. The molecule has 0 amide bonds. The van der Waals surface area contributed by atoms with Crippen LogP contribution in [0.3, 0.4) is 0 Å². The molecule has 25 heavy (non-hydrogen) atoms. The van der Waals surface area contributed by atoms with Crippen LogP contribution in [-0.2, 0) is 13.1 Å². The molecule has 2 saturated heterocycles. The third-order valence-electron chi connectivity index (χ3n) is 6.14. The minimum Gasteiger partial charge on any atom is -0.361 e. The molecule has 0 unspecified atom stereocenters. The molecule has 0 bridgehead atoms. The highest BCUT2D eigenvalue weighted by Crippen LogP contribution is 2.41. The Labute approximate surface area is 150 Å². The van der Waals surface area contributed by atoms with E-state index in [1.165, 1.54) is 57.4 Å². The zero-order chi connectivity index (χ0) is 17.1. The van der Waals surface area contributed by atoms with Gasteiger partial charge in [-0.15, -0.1) is 0 Å². The highest BCUT2D eigenvalue weighted by Gasteiger charge is 2.37. The van der Waals surface area contributed by atoms with Crippen LogP contribution in [0.5, 0.6) is 0 Å². The Morgan fingerprint density at radius 2 is 1.52 bits per heavy atom. The van der Waals surface area contributed by atoms with Gasteiger partial charge >= 0.3 is 0 Å². The predicted molar refractivity (Wildman–Crippen MR) is 99.1 cm³/mol. The third kappa shape index (κ3) is 4.13. The summed E-state index contributed by atoms with van der Waals surface area (Å²) >= 11 is 0. The molecular formula is C21H29N3O. The predicted octanol–water partition coefficient (Wildman–Crippen LogP) is 3.86. The van der Waals surface area contributed by atoms with Crippen LogP contribution in [0, 0.1) is 12.3 Å². The van der Waals surface area contributed by atoms with Gasteiger partial charge in [0.05, 0.1) is 5.69 Å². The summed E-state index contributed by atoms with van der Waals surface area (Å²) < 4.78 is 5.19. The number of hydrogen-bond donors (Lipinski definition) is 0. The second-order valence-electron chi connectivity index (χ2n) is 7.97. The number of piperidine rings is 2. The molecule has 0 saturated carbocycles. The van der Waals surface area contributed by atoms with Crippen LogP contribution in [0.25, 0.3) is 0 Å². The maximum atomic E-state index is 5.19. The molecule has 0 N–H and O–H groups in total. The second-order valence-corrected chi connectivity index (χ2v) is 7.97. The normalized spacial score (nSPS) is 21.6. The van der Waals surface area contributed by atoms with Crippen molar-refractivity contribution >= 4 is 0 Å². The number of nitrogens with zero attached hydrogens (tertiary/aromatic N) is 3. The van der Waals surface area contributed by atoms with E-state index in [0.717, 1.165) is 24.5 Å². The van der Waals surface area contributed by atoms with Crippen molar-refractivity contribution in [2.75, 3.05) is 26.2 Å². The first-order chi connectivity index (χ1) is 12.2. The minimum atomic E-state index is 0.587. The number of aromatic nitrogens is 1. The zero-order valence-corrected chi connectivity index (χ0v) is 15.3. The van der Waals surface area contributed by atoms with Gasteiger partial charge in [-0.2, -0.15) is 0 Å². The summed E-state index contributed by atoms with van der Waals surface area (Å²) in [6.07, 6.45) is 5.39. The quantitative estimate of drug-likeness (QED) is 0.847. The third-order valence-corrected chi connectivity index (χ3v) is 6.14. The summed E-state index contributed by atoms with van der Waals surface area (Å²) in [6.45, 7) is 8.90. The summed E-state index contributed by atoms with van der Waals surface area (Å²) in [5, 5.41) is 4.14. The fraction of sp³-hybridized carbons (Fsp3) is 0.571. The first-order valence-corrected chi connectivity index (χ1v) is 9.62. The second kappa shape index (κ2) is 7.30. The molecule has 4 heteroatoms. The van der Waals surface area contributed by atoms with E-state index in [-0.39, 0.29) is 0 Å². The van der Waals surface area contributed by atoms with Crippen LogP contribution < -0.4 is 0 Å². The van der Waals surface area contributed by atoms with Crippen LogP contribution in [0.2, 0.25) is 0 Å². The Balaban J connectivity index is 1.25.